The van der Waals surface area contributed by atoms with Crippen molar-refractivity contribution in [3.05, 3.63) is 77.2 Å². The molecule has 0 atom stereocenters. The molecule has 4 aliphatic rings. The van der Waals surface area contributed by atoms with E-state index in [-0.39, 0.29) is 33.1 Å². The molecule has 8 rings (SSSR count). The van der Waals surface area contributed by atoms with Gasteiger partial charge >= 0.3 is 0 Å². The molecule has 2 saturated carbocycles. The highest BCUT2D eigenvalue weighted by Crippen LogP contribution is 2.67. The molecule has 4 aromatic heterocycles. The predicted octanol–water partition coefficient (Wildman–Crippen LogP) is 5.83. The van der Waals surface area contributed by atoms with Crippen LogP contribution < -0.4 is 29.5 Å². The van der Waals surface area contributed by atoms with E-state index in [1.807, 2.05) is 55.5 Å². The molecule has 0 N–H and O–H groups in total. The number of aromatic nitrogens is 2. The van der Waals surface area contributed by atoms with Gasteiger partial charge in [-0.2, -0.15) is 21.0 Å². The van der Waals surface area contributed by atoms with Gasteiger partial charge in [0, 0.05) is 43.4 Å². The summed E-state index contributed by atoms with van der Waals surface area (Å²) >= 11 is 6.07. The minimum Gasteiger partial charge on any atom is -0.298 e. The number of allylic oxidation sites excluding steroid dienone is 1. The first-order valence-corrected chi connectivity index (χ1v) is 21.1. The van der Waals surface area contributed by atoms with Gasteiger partial charge < -0.3 is 0 Å². The maximum Gasteiger partial charge on any atom is 0.269 e. The Bertz CT molecular complexity index is 2740. The summed E-state index contributed by atoms with van der Waals surface area (Å²) in [6.45, 7) is 4.50. The summed E-state index contributed by atoms with van der Waals surface area (Å²) in [5.41, 5.74) is 4.83. The lowest BCUT2D eigenvalue weighted by molar-refractivity contribution is 0.326. The Kier molecular flexibility index (Phi) is 8.72. The lowest BCUT2D eigenvalue weighted by atomic mass is 9.61. The van der Waals surface area contributed by atoms with E-state index in [0.29, 0.717) is 31.5 Å². The van der Waals surface area contributed by atoms with E-state index in [0.717, 1.165) is 56.2 Å². The van der Waals surface area contributed by atoms with Crippen LogP contribution in [0.15, 0.2) is 21.2 Å². The zero-order valence-electron chi connectivity index (χ0n) is 28.9. The molecule has 0 unspecified atom stereocenters. The van der Waals surface area contributed by atoms with Crippen molar-refractivity contribution in [2.45, 2.75) is 102 Å². The quantitative estimate of drug-likeness (QED) is 0.257. The summed E-state index contributed by atoms with van der Waals surface area (Å²) < 4.78 is 5.01. The maximum absolute atomic E-state index is 13.7. The first-order chi connectivity index (χ1) is 25.3. The van der Waals surface area contributed by atoms with Crippen molar-refractivity contribution in [3.63, 3.8) is 0 Å². The van der Waals surface area contributed by atoms with Crippen molar-refractivity contribution < 1.29 is 0 Å². The Morgan fingerprint density at radius 3 is 1.73 bits per heavy atom. The largest absolute Gasteiger partial charge is 0.298 e. The molecule has 0 aliphatic heterocycles. The van der Waals surface area contributed by atoms with E-state index in [1.54, 1.807) is 15.9 Å². The van der Waals surface area contributed by atoms with Crippen LogP contribution in [-0.4, -0.2) is 9.13 Å². The summed E-state index contributed by atoms with van der Waals surface area (Å²) in [5.74, 6) is 0. The monoisotopic (exact) mass is 758 g/mol. The second kappa shape index (κ2) is 13.1. The van der Waals surface area contributed by atoms with E-state index in [1.165, 1.54) is 77.0 Å². The molecular weight excluding hydrogens is 725 g/mol. The summed E-state index contributed by atoms with van der Waals surface area (Å²) in [6.07, 6.45) is 17.5. The third kappa shape index (κ3) is 4.89. The molecule has 0 radical (unpaired) electrons. The molecule has 0 aromatic carbocycles. The van der Waals surface area contributed by atoms with Gasteiger partial charge in [0.05, 0.1) is 9.06 Å². The van der Waals surface area contributed by atoms with Gasteiger partial charge in [-0.25, -0.2) is 0 Å². The fourth-order valence-electron chi connectivity index (χ4n) is 9.25. The fraction of sp³-hybridized carbons (Fsp3) is 0.400. The van der Waals surface area contributed by atoms with Crippen LogP contribution in [0.3, 0.4) is 0 Å². The second-order valence-corrected chi connectivity index (χ2v) is 18.1. The molecule has 260 valence electrons. The van der Waals surface area contributed by atoms with Crippen LogP contribution in [0.1, 0.15) is 105 Å². The standard InChI is InChI=1S/C40H34N6O2S4/c1-3-45-35(47)29(51-37(45)23(19-41)20-42)16-25-15-28-31(39(25)11-7-5-8-12-39)32-34(50-28)33-27(40(32)13-9-6-10-14-40)17-26(49-33)18-30-36(48)46(4-2)38(52-30)24(21-43)22-44/h15-18H,3-14H2,1-2H3/b29-16-,30-18-. The van der Waals surface area contributed by atoms with Crippen LogP contribution in [-0.2, 0) is 23.9 Å². The fourth-order valence-corrected chi connectivity index (χ4v) is 14.3. The molecule has 52 heavy (non-hydrogen) atoms. The molecule has 12 heteroatoms. The maximum atomic E-state index is 13.7. The second-order valence-electron chi connectivity index (χ2n) is 13.9. The van der Waals surface area contributed by atoms with Crippen LogP contribution in [0, 0.1) is 45.3 Å². The molecule has 4 heterocycles. The van der Waals surface area contributed by atoms with E-state index in [4.69, 9.17) is 0 Å². The summed E-state index contributed by atoms with van der Waals surface area (Å²) in [7, 11) is 0. The van der Waals surface area contributed by atoms with E-state index in [9.17, 15) is 30.6 Å². The summed E-state index contributed by atoms with van der Waals surface area (Å²) in [6, 6.07) is 10.2. The average Bonchev–Trinajstić information content (AvgIpc) is 3.98. The van der Waals surface area contributed by atoms with E-state index in [2.05, 4.69) is 18.2 Å². The Hall–Kier alpha value is -4.56. The zero-order valence-corrected chi connectivity index (χ0v) is 32.2. The Balaban J connectivity index is 1.33. The summed E-state index contributed by atoms with van der Waals surface area (Å²) in [4.78, 5) is 32.1. The van der Waals surface area contributed by atoms with Crippen molar-refractivity contribution in [2.75, 3.05) is 0 Å². The topological polar surface area (TPSA) is 139 Å². The minimum absolute atomic E-state index is 0.0294. The highest BCUT2D eigenvalue weighted by Gasteiger charge is 2.54. The summed E-state index contributed by atoms with van der Waals surface area (Å²) in [5, 5.41) is 38.3. The van der Waals surface area contributed by atoms with Gasteiger partial charge in [0.2, 0.25) is 0 Å². The van der Waals surface area contributed by atoms with Crippen molar-refractivity contribution in [3.8, 4) is 34.0 Å². The molecule has 4 aliphatic carbocycles. The van der Waals surface area contributed by atoms with E-state index >= 15 is 0 Å². The molecular formula is C40H34N6O2S4. The molecule has 0 saturated heterocycles. The molecule has 4 aromatic rings. The van der Waals surface area contributed by atoms with Crippen LogP contribution in [0.2, 0.25) is 0 Å². The van der Waals surface area contributed by atoms with Crippen LogP contribution in [0.4, 0.5) is 0 Å². The van der Waals surface area contributed by atoms with Crippen LogP contribution in [0.25, 0.3) is 39.1 Å². The van der Waals surface area contributed by atoms with Crippen molar-refractivity contribution in [1.82, 2.24) is 9.13 Å². The molecule has 8 nitrogen and oxygen atoms in total. The SMILES string of the molecule is CCn1c(=C(C#N)C#N)s/c(=C\C2=Cc3sc4c(c3C23CCCCC3)C2(CCCCC2)c2cc(/C=c3\sc(=C(C#N)C#N)n(CC)c3=O)sc2-4)c1=O. The third-order valence-corrected chi connectivity index (χ3v) is 16.1. The molecule has 2 spiro atoms. The average molecular weight is 759 g/mol. The van der Waals surface area contributed by atoms with Gasteiger partial charge in [0.1, 0.15) is 33.6 Å². The van der Waals surface area contributed by atoms with Gasteiger partial charge in [-0.15, -0.1) is 45.3 Å². The first kappa shape index (κ1) is 34.5. The first-order valence-electron chi connectivity index (χ1n) is 17.9. The Morgan fingerprint density at radius 1 is 0.692 bits per heavy atom. The van der Waals surface area contributed by atoms with Gasteiger partial charge in [-0.1, -0.05) is 38.5 Å². The Labute approximate surface area is 316 Å². The lowest BCUT2D eigenvalue weighted by Gasteiger charge is -2.41. The molecule has 0 bridgehead atoms. The molecule has 2 fully saturated rings. The lowest BCUT2D eigenvalue weighted by Crippen LogP contribution is -2.36. The number of hydrogen-bond donors (Lipinski definition) is 0. The normalized spacial score (nSPS) is 18.3. The third-order valence-electron chi connectivity index (χ3n) is 11.5. The number of nitrogens with zero attached hydrogens (tertiary/aromatic N) is 6. The number of rotatable bonds is 4. The highest BCUT2D eigenvalue weighted by atomic mass is 32.1. The number of thiazole rings is 2. The van der Waals surface area contributed by atoms with Crippen molar-refractivity contribution >= 4 is 74.7 Å². The predicted molar refractivity (Wildman–Crippen MR) is 209 cm³/mol. The van der Waals surface area contributed by atoms with Gasteiger partial charge in [0.25, 0.3) is 11.1 Å². The van der Waals surface area contributed by atoms with Gasteiger partial charge in [-0.05, 0) is 86.1 Å². The number of fused-ring (bicyclic) bond motifs is 8. The van der Waals surface area contributed by atoms with Crippen molar-refractivity contribution in [1.29, 1.82) is 21.0 Å². The smallest absolute Gasteiger partial charge is 0.269 e. The number of nitriles is 4. The number of hydrogen-bond acceptors (Lipinski definition) is 10. The molecule has 0 amide bonds. The zero-order chi connectivity index (χ0) is 36.4. The van der Waals surface area contributed by atoms with Crippen LogP contribution >= 0.6 is 45.3 Å². The minimum atomic E-state index is -0.190. The van der Waals surface area contributed by atoms with E-state index < -0.39 is 0 Å². The van der Waals surface area contributed by atoms with Gasteiger partial charge in [-0.3, -0.25) is 18.7 Å². The van der Waals surface area contributed by atoms with Crippen molar-refractivity contribution in [2.24, 2.45) is 0 Å². The Morgan fingerprint density at radius 2 is 1.21 bits per heavy atom. The highest BCUT2D eigenvalue weighted by molar-refractivity contribution is 7.23. The number of thiophene rings is 2. The van der Waals surface area contributed by atoms with Crippen LogP contribution in [0.5, 0.6) is 0 Å². The van der Waals surface area contributed by atoms with Gasteiger partial charge in [0.15, 0.2) is 11.1 Å².